The number of hydrogen-bond acceptors (Lipinski definition) is 6. The van der Waals surface area contributed by atoms with Gasteiger partial charge in [0.2, 0.25) is 0 Å². The number of anilines is 1. The zero-order valence-corrected chi connectivity index (χ0v) is 20.7. The average Bonchev–Trinajstić information content (AvgIpc) is 3.40. The number of benzene rings is 2. The summed E-state index contributed by atoms with van der Waals surface area (Å²) < 4.78 is 5.67. The molecular formula is C27H28N2O4S. The van der Waals surface area contributed by atoms with Gasteiger partial charge in [-0.05, 0) is 54.7 Å². The molecule has 2 aromatic carbocycles. The van der Waals surface area contributed by atoms with Crippen LogP contribution in [0.25, 0.3) is 5.76 Å². The Labute approximate surface area is 203 Å². The van der Waals surface area contributed by atoms with E-state index in [9.17, 15) is 14.7 Å². The summed E-state index contributed by atoms with van der Waals surface area (Å²) in [4.78, 5) is 32.0. The van der Waals surface area contributed by atoms with Crippen LogP contribution in [0.3, 0.4) is 0 Å². The Hall–Kier alpha value is -3.45. The summed E-state index contributed by atoms with van der Waals surface area (Å²) >= 11 is 1.27. The maximum atomic E-state index is 13.2. The van der Waals surface area contributed by atoms with Gasteiger partial charge in [0, 0.05) is 17.1 Å². The zero-order valence-electron chi connectivity index (χ0n) is 19.9. The van der Waals surface area contributed by atoms with Crippen LogP contribution in [0.4, 0.5) is 5.13 Å². The number of hydrogen-bond donors (Lipinski definition) is 1. The Morgan fingerprint density at radius 2 is 1.71 bits per heavy atom. The van der Waals surface area contributed by atoms with E-state index >= 15 is 0 Å². The molecule has 0 aliphatic carbocycles. The second kappa shape index (κ2) is 9.06. The molecule has 0 radical (unpaired) electrons. The quantitative estimate of drug-likeness (QED) is 0.284. The Kier molecular flexibility index (Phi) is 6.32. The lowest BCUT2D eigenvalue weighted by Gasteiger charge is -2.24. The van der Waals surface area contributed by atoms with Crippen LogP contribution in [0.2, 0.25) is 0 Å². The monoisotopic (exact) mass is 476 g/mol. The molecule has 1 fully saturated rings. The molecule has 1 N–H and O–H groups in total. The molecule has 1 amide bonds. The fraction of sp³-hybridized carbons (Fsp3) is 0.296. The smallest absolute Gasteiger partial charge is 0.301 e. The molecule has 34 heavy (non-hydrogen) atoms. The Morgan fingerprint density at radius 3 is 2.24 bits per heavy atom. The van der Waals surface area contributed by atoms with Gasteiger partial charge in [0.05, 0.1) is 17.7 Å². The van der Waals surface area contributed by atoms with Gasteiger partial charge in [-0.1, -0.05) is 45.0 Å². The molecule has 0 bridgehead atoms. The molecule has 7 heteroatoms. The lowest BCUT2D eigenvalue weighted by Crippen LogP contribution is -2.29. The minimum absolute atomic E-state index is 0.0131. The molecule has 6 nitrogen and oxygen atoms in total. The maximum Gasteiger partial charge on any atom is 0.301 e. The van der Waals surface area contributed by atoms with Crippen molar-refractivity contribution < 1.29 is 19.4 Å². The van der Waals surface area contributed by atoms with Crippen LogP contribution in [0.1, 0.15) is 57.4 Å². The first-order valence-corrected chi connectivity index (χ1v) is 12.0. The highest BCUT2D eigenvalue weighted by atomic mass is 32.1. The van der Waals surface area contributed by atoms with E-state index in [4.69, 9.17) is 4.74 Å². The van der Waals surface area contributed by atoms with Gasteiger partial charge in [-0.15, -0.1) is 11.3 Å². The largest absolute Gasteiger partial charge is 0.507 e. The zero-order chi connectivity index (χ0) is 24.6. The van der Waals surface area contributed by atoms with Crippen molar-refractivity contribution >= 4 is 33.9 Å². The summed E-state index contributed by atoms with van der Waals surface area (Å²) in [6.45, 7) is 10.2. The van der Waals surface area contributed by atoms with E-state index in [0.29, 0.717) is 16.4 Å². The topological polar surface area (TPSA) is 79.7 Å². The highest BCUT2D eigenvalue weighted by molar-refractivity contribution is 7.14. The highest BCUT2D eigenvalue weighted by Gasteiger charge is 2.48. The first-order chi connectivity index (χ1) is 16.1. The molecule has 1 atom stereocenters. The maximum absolute atomic E-state index is 13.2. The summed E-state index contributed by atoms with van der Waals surface area (Å²) in [5.41, 5.74) is 2.29. The van der Waals surface area contributed by atoms with Crippen LogP contribution in [0.15, 0.2) is 65.7 Å². The van der Waals surface area contributed by atoms with Crippen LogP contribution in [0, 0.1) is 0 Å². The predicted molar refractivity (Wildman–Crippen MR) is 134 cm³/mol. The van der Waals surface area contributed by atoms with E-state index in [0.717, 1.165) is 11.1 Å². The van der Waals surface area contributed by atoms with Crippen molar-refractivity contribution in [3.63, 3.8) is 0 Å². The van der Waals surface area contributed by atoms with E-state index < -0.39 is 17.7 Å². The molecule has 1 aromatic heterocycles. The van der Waals surface area contributed by atoms with Gasteiger partial charge in [0.1, 0.15) is 11.5 Å². The van der Waals surface area contributed by atoms with Gasteiger partial charge >= 0.3 is 5.91 Å². The minimum Gasteiger partial charge on any atom is -0.507 e. The van der Waals surface area contributed by atoms with Crippen molar-refractivity contribution in [2.75, 3.05) is 4.90 Å². The van der Waals surface area contributed by atoms with Gasteiger partial charge in [0.25, 0.3) is 5.78 Å². The average molecular weight is 477 g/mol. The predicted octanol–water partition coefficient (Wildman–Crippen LogP) is 5.85. The SMILES string of the molecule is CC(C)Oc1ccc(C(O)=C2C(=O)C(=O)N(c3nccs3)[C@H]2c2ccc(C(C)(C)C)cc2)cc1. The number of ketones is 1. The lowest BCUT2D eigenvalue weighted by molar-refractivity contribution is -0.132. The summed E-state index contributed by atoms with van der Waals surface area (Å²) in [6, 6.07) is 13.9. The number of aliphatic hydroxyl groups excluding tert-OH is 1. The lowest BCUT2D eigenvalue weighted by atomic mass is 9.85. The molecule has 3 aromatic rings. The Balaban J connectivity index is 1.84. The molecular weight excluding hydrogens is 448 g/mol. The van der Waals surface area contributed by atoms with Crippen molar-refractivity contribution in [2.45, 2.75) is 52.2 Å². The van der Waals surface area contributed by atoms with Gasteiger partial charge in [-0.2, -0.15) is 0 Å². The summed E-state index contributed by atoms with van der Waals surface area (Å²) in [6.07, 6.45) is 1.60. The number of ether oxygens (including phenoxy) is 1. The number of thiazole rings is 1. The molecule has 0 unspecified atom stereocenters. The van der Waals surface area contributed by atoms with E-state index in [2.05, 4.69) is 25.8 Å². The van der Waals surface area contributed by atoms with E-state index in [1.807, 2.05) is 38.1 Å². The van der Waals surface area contributed by atoms with Crippen molar-refractivity contribution in [3.8, 4) is 5.75 Å². The van der Waals surface area contributed by atoms with Crippen LogP contribution < -0.4 is 9.64 Å². The number of aromatic nitrogens is 1. The molecule has 1 aliphatic rings. The van der Waals surface area contributed by atoms with Crippen LogP contribution in [-0.4, -0.2) is 27.9 Å². The minimum atomic E-state index is -0.785. The first kappa shape index (κ1) is 23.7. The second-order valence-corrected chi connectivity index (χ2v) is 10.4. The van der Waals surface area contributed by atoms with Crippen molar-refractivity contribution in [2.24, 2.45) is 0 Å². The molecule has 0 spiro atoms. The van der Waals surface area contributed by atoms with Crippen molar-refractivity contribution in [1.29, 1.82) is 0 Å². The summed E-state index contributed by atoms with van der Waals surface area (Å²) in [5.74, 6) is -1.01. The van der Waals surface area contributed by atoms with E-state index in [1.165, 1.54) is 16.2 Å². The van der Waals surface area contributed by atoms with Crippen molar-refractivity contribution in [3.05, 3.63) is 82.4 Å². The second-order valence-electron chi connectivity index (χ2n) is 9.55. The number of Topliss-reactive ketones (excluding diaryl/α,β-unsaturated/α-hetero) is 1. The van der Waals surface area contributed by atoms with Gasteiger partial charge in [-0.3, -0.25) is 14.5 Å². The highest BCUT2D eigenvalue weighted by Crippen LogP contribution is 2.43. The van der Waals surface area contributed by atoms with Crippen LogP contribution in [0.5, 0.6) is 5.75 Å². The van der Waals surface area contributed by atoms with E-state index in [-0.39, 0.29) is 22.9 Å². The number of rotatable bonds is 5. The fourth-order valence-electron chi connectivity index (χ4n) is 3.96. The molecule has 1 saturated heterocycles. The Bertz CT molecular complexity index is 1220. The van der Waals surface area contributed by atoms with E-state index in [1.54, 1.807) is 35.8 Å². The van der Waals surface area contributed by atoms with Gasteiger partial charge in [-0.25, -0.2) is 4.98 Å². The third-order valence-electron chi connectivity index (χ3n) is 5.66. The standard InChI is InChI=1S/C27H28N2O4S/c1-16(2)33-20-12-8-18(9-13-20)23(30)21-22(17-6-10-19(11-7-17)27(3,4)5)29(25(32)24(21)31)26-28-14-15-34-26/h6-16,22,30H,1-5H3/t22-/m0/s1. The third-order valence-corrected chi connectivity index (χ3v) is 6.43. The fourth-order valence-corrected chi connectivity index (χ4v) is 4.63. The van der Waals surface area contributed by atoms with Gasteiger partial charge in [0.15, 0.2) is 5.13 Å². The number of amides is 1. The summed E-state index contributed by atoms with van der Waals surface area (Å²) in [5, 5.41) is 13.4. The molecule has 176 valence electrons. The Morgan fingerprint density at radius 1 is 1.06 bits per heavy atom. The molecule has 0 saturated carbocycles. The van der Waals surface area contributed by atoms with Crippen LogP contribution in [-0.2, 0) is 15.0 Å². The number of carbonyl (C=O) groups is 2. The van der Waals surface area contributed by atoms with Gasteiger partial charge < -0.3 is 9.84 Å². The number of aliphatic hydroxyl groups is 1. The molecule has 1 aliphatic heterocycles. The number of nitrogens with zero attached hydrogens (tertiary/aromatic N) is 2. The number of carbonyl (C=O) groups excluding carboxylic acids is 2. The molecule has 4 rings (SSSR count). The molecule has 2 heterocycles. The normalized spacial score (nSPS) is 18.1. The van der Waals surface area contributed by atoms with Crippen molar-refractivity contribution in [1.82, 2.24) is 4.98 Å². The third kappa shape index (κ3) is 4.48. The van der Waals surface area contributed by atoms with Crippen LogP contribution >= 0.6 is 11.3 Å². The summed E-state index contributed by atoms with van der Waals surface area (Å²) in [7, 11) is 0. The first-order valence-electron chi connectivity index (χ1n) is 11.2.